The van der Waals surface area contributed by atoms with Crippen molar-refractivity contribution in [1.82, 2.24) is 19.7 Å². The van der Waals surface area contributed by atoms with Crippen LogP contribution in [0.25, 0.3) is 11.0 Å². The fourth-order valence-electron chi connectivity index (χ4n) is 4.11. The summed E-state index contributed by atoms with van der Waals surface area (Å²) in [6.07, 6.45) is 3.96. The molecule has 1 amide bonds. The molecule has 1 saturated carbocycles. The molecule has 0 spiro atoms. The largest absolute Gasteiger partial charge is 0.396 e. The Morgan fingerprint density at radius 1 is 1.29 bits per heavy atom. The number of pyridine rings is 1. The number of aliphatic hydroxyl groups is 1. The molecule has 0 bridgehead atoms. The van der Waals surface area contributed by atoms with Crippen LogP contribution in [0.15, 0.2) is 6.07 Å². The van der Waals surface area contributed by atoms with Crippen LogP contribution < -0.4 is 0 Å². The van der Waals surface area contributed by atoms with Crippen molar-refractivity contribution in [3.05, 3.63) is 23.0 Å². The highest BCUT2D eigenvalue weighted by atomic mass is 16.3. The van der Waals surface area contributed by atoms with Gasteiger partial charge in [0, 0.05) is 31.3 Å². The number of piperidine rings is 1. The zero-order valence-corrected chi connectivity index (χ0v) is 17.7. The molecule has 6 nitrogen and oxygen atoms in total. The minimum atomic E-state index is -0.198. The summed E-state index contributed by atoms with van der Waals surface area (Å²) in [5.74, 6) is 0.546. The average molecular weight is 385 g/mol. The Labute approximate surface area is 166 Å². The minimum absolute atomic E-state index is 0.0729. The number of aromatic nitrogens is 3. The van der Waals surface area contributed by atoms with Gasteiger partial charge >= 0.3 is 0 Å². The van der Waals surface area contributed by atoms with E-state index in [1.54, 1.807) is 0 Å². The van der Waals surface area contributed by atoms with Crippen LogP contribution in [-0.4, -0.2) is 50.4 Å². The lowest BCUT2D eigenvalue weighted by atomic mass is 9.81. The van der Waals surface area contributed by atoms with Crippen molar-refractivity contribution in [2.45, 2.75) is 71.8 Å². The second-order valence-corrected chi connectivity index (χ2v) is 10.00. The number of nitrogens with zero attached hydrogens (tertiary/aromatic N) is 4. The maximum Gasteiger partial charge on any atom is 0.254 e. The van der Waals surface area contributed by atoms with Crippen molar-refractivity contribution in [3.8, 4) is 0 Å². The average Bonchev–Trinajstić information content (AvgIpc) is 3.44. The first-order chi connectivity index (χ1) is 13.1. The van der Waals surface area contributed by atoms with Gasteiger partial charge in [-0.1, -0.05) is 6.92 Å². The van der Waals surface area contributed by atoms with Gasteiger partial charge in [-0.3, -0.25) is 4.79 Å². The summed E-state index contributed by atoms with van der Waals surface area (Å²) in [7, 11) is 0. The number of aliphatic hydroxyl groups excluding tert-OH is 1. The number of likely N-dealkylation sites (tertiary alicyclic amines) is 1. The number of carbonyl (C=O) groups is 1. The SMILES string of the molecule is Cc1nn(C(C)(C)C)c2nc(C3CC3)cc(C(=O)N3CCC(C)(CO)CC3)c12. The molecular formula is C22H32N4O2. The summed E-state index contributed by atoms with van der Waals surface area (Å²) >= 11 is 0. The van der Waals surface area contributed by atoms with Gasteiger partial charge in [0.1, 0.15) is 0 Å². The van der Waals surface area contributed by atoms with Gasteiger partial charge in [0.05, 0.1) is 22.2 Å². The number of rotatable bonds is 3. The molecule has 1 saturated heterocycles. The zero-order valence-electron chi connectivity index (χ0n) is 17.7. The number of fused-ring (bicyclic) bond motifs is 1. The van der Waals surface area contributed by atoms with Gasteiger partial charge in [-0.15, -0.1) is 0 Å². The molecule has 2 aliphatic rings. The third kappa shape index (κ3) is 3.32. The number of hydrogen-bond acceptors (Lipinski definition) is 4. The van der Waals surface area contributed by atoms with Crippen molar-refractivity contribution in [2.24, 2.45) is 5.41 Å². The molecule has 0 unspecified atom stereocenters. The smallest absolute Gasteiger partial charge is 0.254 e. The summed E-state index contributed by atoms with van der Waals surface area (Å²) in [5.41, 5.74) is 3.19. The second-order valence-electron chi connectivity index (χ2n) is 10.00. The molecule has 0 atom stereocenters. The van der Waals surface area contributed by atoms with Crippen LogP contribution in [0.1, 0.15) is 81.0 Å². The molecule has 1 aliphatic carbocycles. The van der Waals surface area contributed by atoms with Crippen molar-refractivity contribution in [1.29, 1.82) is 0 Å². The molecule has 0 aromatic carbocycles. The topological polar surface area (TPSA) is 71.2 Å². The van der Waals surface area contributed by atoms with Crippen LogP contribution in [0.4, 0.5) is 0 Å². The standard InChI is InChI=1S/C22H32N4O2/c1-14-18-16(20(28)25-10-8-22(5,13-27)9-11-25)12-17(15-6-7-15)23-19(18)26(24-14)21(2,3)4/h12,15,27H,6-11,13H2,1-5H3. The molecule has 6 heteroatoms. The molecular weight excluding hydrogens is 352 g/mol. The Hall–Kier alpha value is -1.95. The number of hydrogen-bond donors (Lipinski definition) is 1. The fraction of sp³-hybridized carbons (Fsp3) is 0.682. The Balaban J connectivity index is 1.78. The van der Waals surface area contributed by atoms with Gasteiger partial charge in [-0.05, 0) is 64.9 Å². The Bertz CT molecular complexity index is 913. The van der Waals surface area contributed by atoms with Crippen LogP contribution in [-0.2, 0) is 5.54 Å². The predicted molar refractivity (Wildman–Crippen MR) is 110 cm³/mol. The van der Waals surface area contributed by atoms with E-state index in [0.717, 1.165) is 53.7 Å². The van der Waals surface area contributed by atoms with E-state index in [9.17, 15) is 9.90 Å². The van der Waals surface area contributed by atoms with Gasteiger partial charge in [-0.2, -0.15) is 5.10 Å². The summed E-state index contributed by atoms with van der Waals surface area (Å²) in [6.45, 7) is 12.0. The molecule has 1 aliphatic heterocycles. The third-order valence-electron chi connectivity index (χ3n) is 6.33. The van der Waals surface area contributed by atoms with Crippen molar-refractivity contribution >= 4 is 16.9 Å². The highest BCUT2D eigenvalue weighted by Gasteiger charge is 2.34. The third-order valence-corrected chi connectivity index (χ3v) is 6.33. The molecule has 1 N–H and O–H groups in total. The second kappa shape index (κ2) is 6.55. The normalized spacial score (nSPS) is 20.0. The first-order valence-corrected chi connectivity index (χ1v) is 10.4. The molecule has 2 aromatic heterocycles. The van der Waals surface area contributed by atoms with Crippen molar-refractivity contribution in [3.63, 3.8) is 0 Å². The van der Waals surface area contributed by atoms with E-state index in [2.05, 4.69) is 27.7 Å². The monoisotopic (exact) mass is 384 g/mol. The first kappa shape index (κ1) is 19.4. The van der Waals surface area contributed by atoms with Crippen molar-refractivity contribution < 1.29 is 9.90 Å². The number of amides is 1. The summed E-state index contributed by atoms with van der Waals surface area (Å²) in [6, 6.07) is 2.02. The minimum Gasteiger partial charge on any atom is -0.396 e. The molecule has 4 rings (SSSR count). The van der Waals surface area contributed by atoms with Gasteiger partial charge in [0.15, 0.2) is 5.65 Å². The van der Waals surface area contributed by atoms with Gasteiger partial charge in [0.25, 0.3) is 5.91 Å². The summed E-state index contributed by atoms with van der Waals surface area (Å²) < 4.78 is 1.97. The van der Waals surface area contributed by atoms with E-state index < -0.39 is 0 Å². The van der Waals surface area contributed by atoms with Crippen LogP contribution in [0.2, 0.25) is 0 Å². The molecule has 0 radical (unpaired) electrons. The highest BCUT2D eigenvalue weighted by Crippen LogP contribution is 2.41. The lowest BCUT2D eigenvalue weighted by molar-refractivity contribution is 0.0441. The quantitative estimate of drug-likeness (QED) is 0.878. The van der Waals surface area contributed by atoms with Crippen LogP contribution >= 0.6 is 0 Å². The molecule has 3 heterocycles. The first-order valence-electron chi connectivity index (χ1n) is 10.4. The summed E-state index contributed by atoms with van der Waals surface area (Å²) in [5, 5.41) is 15.3. The number of aryl methyl sites for hydroxylation is 1. The van der Waals surface area contributed by atoms with Gasteiger partial charge in [-0.25, -0.2) is 9.67 Å². The molecule has 152 valence electrons. The van der Waals surface area contributed by atoms with Crippen LogP contribution in [0, 0.1) is 12.3 Å². The van der Waals surface area contributed by atoms with E-state index in [4.69, 9.17) is 10.1 Å². The van der Waals surface area contributed by atoms with E-state index in [1.807, 2.05) is 22.6 Å². The van der Waals surface area contributed by atoms with E-state index in [0.29, 0.717) is 19.0 Å². The Morgan fingerprint density at radius 3 is 2.46 bits per heavy atom. The van der Waals surface area contributed by atoms with Gasteiger partial charge in [0.2, 0.25) is 0 Å². The highest BCUT2D eigenvalue weighted by molar-refractivity contribution is 6.06. The Kier molecular flexibility index (Phi) is 4.53. The summed E-state index contributed by atoms with van der Waals surface area (Å²) in [4.78, 5) is 20.4. The lowest BCUT2D eigenvalue weighted by Gasteiger charge is -2.38. The molecule has 28 heavy (non-hydrogen) atoms. The van der Waals surface area contributed by atoms with E-state index in [1.165, 1.54) is 0 Å². The molecule has 2 aromatic rings. The van der Waals surface area contributed by atoms with Crippen molar-refractivity contribution in [2.75, 3.05) is 19.7 Å². The van der Waals surface area contributed by atoms with Crippen LogP contribution in [0.5, 0.6) is 0 Å². The zero-order chi connectivity index (χ0) is 20.3. The molecule has 2 fully saturated rings. The maximum atomic E-state index is 13.5. The maximum absolute atomic E-state index is 13.5. The van der Waals surface area contributed by atoms with Crippen LogP contribution in [0.3, 0.4) is 0 Å². The Morgan fingerprint density at radius 2 is 1.93 bits per heavy atom. The fourth-order valence-corrected chi connectivity index (χ4v) is 4.11. The lowest BCUT2D eigenvalue weighted by Crippen LogP contribution is -2.43. The van der Waals surface area contributed by atoms with E-state index >= 15 is 0 Å². The van der Waals surface area contributed by atoms with E-state index in [-0.39, 0.29) is 23.5 Å². The number of carbonyl (C=O) groups excluding carboxylic acids is 1. The van der Waals surface area contributed by atoms with Gasteiger partial charge < -0.3 is 10.0 Å². The predicted octanol–water partition coefficient (Wildman–Crippen LogP) is 3.61.